The van der Waals surface area contributed by atoms with E-state index in [-0.39, 0.29) is 0 Å². The monoisotopic (exact) mass is 766 g/mol. The first-order valence-corrected chi connectivity index (χ1v) is 21.1. The van der Waals surface area contributed by atoms with Gasteiger partial charge >= 0.3 is 0 Å². The van der Waals surface area contributed by atoms with Gasteiger partial charge in [-0.15, -0.1) is 11.3 Å². The quantitative estimate of drug-likeness (QED) is 0.169. The average Bonchev–Trinajstić information content (AvgIpc) is 3.84. The number of para-hydroxylation sites is 3. The van der Waals surface area contributed by atoms with Gasteiger partial charge in [0.2, 0.25) is 0 Å². The molecule has 2 aromatic heterocycles. The van der Waals surface area contributed by atoms with Crippen LogP contribution in [-0.2, 0) is 0 Å². The molecule has 10 aromatic carbocycles. The number of nitrogens with zero attached hydrogens (tertiary/aromatic N) is 2. The van der Waals surface area contributed by atoms with E-state index in [0.29, 0.717) is 0 Å². The predicted octanol–water partition coefficient (Wildman–Crippen LogP) is 16.2. The largest absolute Gasteiger partial charge is 0.310 e. The molecule has 0 N–H and O–H groups in total. The number of fused-ring (bicyclic) bond motifs is 12. The van der Waals surface area contributed by atoms with Crippen molar-refractivity contribution < 1.29 is 0 Å². The molecule has 0 radical (unpaired) electrons. The first kappa shape index (κ1) is 32.6. The van der Waals surface area contributed by atoms with Crippen LogP contribution in [0.25, 0.3) is 103 Å². The third-order valence-electron chi connectivity index (χ3n) is 12.4. The van der Waals surface area contributed by atoms with Gasteiger partial charge in [-0.2, -0.15) is 0 Å². The van der Waals surface area contributed by atoms with Crippen molar-refractivity contribution in [3.63, 3.8) is 0 Å². The van der Waals surface area contributed by atoms with Crippen LogP contribution in [0.5, 0.6) is 0 Å². The molecule has 0 amide bonds. The highest BCUT2D eigenvalue weighted by Gasteiger charge is 2.26. The van der Waals surface area contributed by atoms with E-state index < -0.39 is 0 Å². The van der Waals surface area contributed by atoms with Crippen molar-refractivity contribution >= 4 is 91.9 Å². The summed E-state index contributed by atoms with van der Waals surface area (Å²) in [5.74, 6) is 0. The molecule has 59 heavy (non-hydrogen) atoms. The maximum atomic E-state index is 2.45. The van der Waals surface area contributed by atoms with Gasteiger partial charge < -0.3 is 9.47 Å². The number of hydrogen-bond acceptors (Lipinski definition) is 2. The average molecular weight is 767 g/mol. The Kier molecular flexibility index (Phi) is 6.92. The molecule has 1 aliphatic rings. The van der Waals surface area contributed by atoms with Gasteiger partial charge in [0, 0.05) is 53.6 Å². The Morgan fingerprint density at radius 2 is 0.932 bits per heavy atom. The Bertz CT molecular complexity index is 3620. The third kappa shape index (κ3) is 4.86. The zero-order chi connectivity index (χ0) is 38.6. The molecule has 0 unspecified atom stereocenters. The van der Waals surface area contributed by atoms with Crippen LogP contribution in [0.15, 0.2) is 206 Å². The fraction of sp³-hybridized carbons (Fsp3) is 0. The number of rotatable bonds is 5. The van der Waals surface area contributed by atoms with Crippen molar-refractivity contribution in [2.75, 3.05) is 4.90 Å². The Labute approximate surface area is 345 Å². The van der Waals surface area contributed by atoms with Crippen LogP contribution in [0.2, 0.25) is 0 Å². The molecule has 13 rings (SSSR count). The molecule has 0 saturated carbocycles. The summed E-state index contributed by atoms with van der Waals surface area (Å²) >= 11 is 1.89. The molecule has 1 aliphatic carbocycles. The smallest absolute Gasteiger partial charge is 0.0554 e. The fourth-order valence-corrected chi connectivity index (χ4v) is 11.0. The molecule has 3 heteroatoms. The van der Waals surface area contributed by atoms with Crippen LogP contribution in [0, 0.1) is 0 Å². The lowest BCUT2D eigenvalue weighted by atomic mass is 9.78. The van der Waals surface area contributed by atoms with Crippen molar-refractivity contribution in [1.82, 2.24) is 4.57 Å². The van der Waals surface area contributed by atoms with E-state index in [1.165, 1.54) is 108 Å². The van der Waals surface area contributed by atoms with Crippen LogP contribution >= 0.6 is 11.3 Å². The number of hydrogen-bond donors (Lipinski definition) is 0. The van der Waals surface area contributed by atoms with Crippen molar-refractivity contribution in [2.45, 2.75) is 0 Å². The second-order valence-electron chi connectivity index (χ2n) is 15.7. The summed E-state index contributed by atoms with van der Waals surface area (Å²) in [7, 11) is 0. The third-order valence-corrected chi connectivity index (χ3v) is 13.6. The van der Waals surface area contributed by atoms with Gasteiger partial charge in [-0.05, 0) is 134 Å². The summed E-state index contributed by atoms with van der Waals surface area (Å²) in [5, 5.41) is 10.2. The van der Waals surface area contributed by atoms with Gasteiger partial charge in [-0.3, -0.25) is 0 Å². The second-order valence-corrected chi connectivity index (χ2v) is 16.8. The summed E-state index contributed by atoms with van der Waals surface area (Å²) < 4.78 is 5.03. The van der Waals surface area contributed by atoms with E-state index in [1.54, 1.807) is 0 Å². The molecule has 0 aliphatic heterocycles. The van der Waals surface area contributed by atoms with Crippen LogP contribution in [-0.4, -0.2) is 4.57 Å². The normalized spacial score (nSPS) is 12.1. The topological polar surface area (TPSA) is 8.17 Å². The van der Waals surface area contributed by atoms with E-state index in [0.717, 1.165) is 11.4 Å². The van der Waals surface area contributed by atoms with Gasteiger partial charge in [0.1, 0.15) is 0 Å². The summed E-state index contributed by atoms with van der Waals surface area (Å²) in [4.78, 5) is 2.45. The van der Waals surface area contributed by atoms with E-state index >= 15 is 0 Å². The van der Waals surface area contributed by atoms with E-state index in [2.05, 4.69) is 216 Å². The van der Waals surface area contributed by atoms with Gasteiger partial charge in [0.25, 0.3) is 0 Å². The number of thiophene rings is 1. The van der Waals surface area contributed by atoms with Gasteiger partial charge in [-0.25, -0.2) is 0 Å². The summed E-state index contributed by atoms with van der Waals surface area (Å²) in [5.41, 5.74) is 14.9. The molecule has 0 saturated heterocycles. The Morgan fingerprint density at radius 3 is 1.63 bits per heavy atom. The van der Waals surface area contributed by atoms with Gasteiger partial charge in [-0.1, -0.05) is 121 Å². The Balaban J connectivity index is 0.945. The zero-order valence-electron chi connectivity index (χ0n) is 31.9. The number of benzene rings is 10. The Morgan fingerprint density at radius 1 is 0.373 bits per heavy atom. The molecule has 12 aromatic rings. The van der Waals surface area contributed by atoms with E-state index in [9.17, 15) is 0 Å². The molecular formula is C56H34N2S. The van der Waals surface area contributed by atoms with Crippen molar-refractivity contribution in [2.24, 2.45) is 0 Å². The molecule has 2 heterocycles. The van der Waals surface area contributed by atoms with Crippen molar-refractivity contribution in [3.05, 3.63) is 206 Å². The number of anilines is 3. The van der Waals surface area contributed by atoms with Gasteiger partial charge in [0.15, 0.2) is 0 Å². The van der Waals surface area contributed by atoms with E-state index in [1.807, 2.05) is 11.3 Å². The van der Waals surface area contributed by atoms with Crippen LogP contribution in [0.1, 0.15) is 0 Å². The summed E-state index contributed by atoms with van der Waals surface area (Å²) in [6.07, 6.45) is 0. The zero-order valence-corrected chi connectivity index (χ0v) is 32.7. The first-order chi connectivity index (χ1) is 29.2. The molecule has 0 fully saturated rings. The molecule has 0 spiro atoms. The highest BCUT2D eigenvalue weighted by atomic mass is 32.1. The maximum absolute atomic E-state index is 2.45. The van der Waals surface area contributed by atoms with E-state index in [4.69, 9.17) is 0 Å². The van der Waals surface area contributed by atoms with Crippen molar-refractivity contribution in [3.8, 4) is 39.1 Å². The highest BCUT2D eigenvalue weighted by Crippen LogP contribution is 2.52. The molecule has 2 nitrogen and oxygen atoms in total. The molecule has 0 bridgehead atoms. The standard InChI is InChI=1S/C56H34N2S/c1-3-13-35(14-4-1)55-53(28-27-46-45-19-9-12-22-54(45)59-56(46)55)57(40-15-5-2-6-16-40)41-25-23-36-31-47-49(33-38(36)29-41)48-32-37-24-26-42(30-39(37)34-50(47)48)58-51-20-10-7-17-43(51)44-18-8-11-21-52(44)58/h1-34H. The fourth-order valence-electron chi connectivity index (χ4n) is 9.73. The SMILES string of the molecule is c1ccc(-c2c(N(c3ccccc3)c3ccc4cc5c(cc4c3)-c3cc4ccc(-n6c7ccccc7c7ccccc76)cc4cc3-5)ccc3c2sc2ccccc23)cc1. The van der Waals surface area contributed by atoms with Crippen LogP contribution in [0.3, 0.4) is 0 Å². The summed E-state index contributed by atoms with van der Waals surface area (Å²) in [6, 6.07) is 76.1. The predicted molar refractivity (Wildman–Crippen MR) is 253 cm³/mol. The Hall–Kier alpha value is -7.46. The lowest BCUT2D eigenvalue weighted by molar-refractivity contribution is 1.19. The lowest BCUT2D eigenvalue weighted by Crippen LogP contribution is -2.11. The molecule has 0 atom stereocenters. The molecule has 274 valence electrons. The minimum Gasteiger partial charge on any atom is -0.310 e. The number of aromatic nitrogens is 1. The van der Waals surface area contributed by atoms with Crippen LogP contribution in [0.4, 0.5) is 17.1 Å². The van der Waals surface area contributed by atoms with Crippen LogP contribution < -0.4 is 4.90 Å². The first-order valence-electron chi connectivity index (χ1n) is 20.2. The highest BCUT2D eigenvalue weighted by molar-refractivity contribution is 7.26. The van der Waals surface area contributed by atoms with Crippen molar-refractivity contribution in [1.29, 1.82) is 0 Å². The maximum Gasteiger partial charge on any atom is 0.0554 e. The second kappa shape index (κ2) is 12.5. The lowest BCUT2D eigenvalue weighted by Gasteiger charge is -2.29. The molecular weight excluding hydrogens is 733 g/mol. The minimum atomic E-state index is 1.13. The summed E-state index contributed by atoms with van der Waals surface area (Å²) in [6.45, 7) is 0. The van der Waals surface area contributed by atoms with Gasteiger partial charge in [0.05, 0.1) is 16.7 Å². The minimum absolute atomic E-state index is 1.13.